The van der Waals surface area contributed by atoms with Crippen LogP contribution in [-0.4, -0.2) is 4.98 Å². The second-order valence-electron chi connectivity index (χ2n) is 4.14. The number of aryl methyl sites for hydroxylation is 2. The van der Waals surface area contributed by atoms with Gasteiger partial charge < -0.3 is 5.32 Å². The van der Waals surface area contributed by atoms with Gasteiger partial charge in [0.05, 0.1) is 12.2 Å². The van der Waals surface area contributed by atoms with Crippen molar-refractivity contribution in [3.05, 3.63) is 57.8 Å². The fourth-order valence-electron chi connectivity index (χ4n) is 1.71. The zero-order valence-corrected chi connectivity index (χ0v) is 11.6. The SMILES string of the molecule is Cc1ccc(NCc2ccc(Br)cn2)c(C)c1. The molecule has 0 unspecified atom stereocenters. The number of nitrogens with one attached hydrogen (secondary N) is 1. The molecule has 0 spiro atoms. The molecule has 1 aromatic carbocycles. The highest BCUT2D eigenvalue weighted by molar-refractivity contribution is 9.10. The van der Waals surface area contributed by atoms with Gasteiger partial charge >= 0.3 is 0 Å². The molecule has 0 radical (unpaired) electrons. The molecule has 0 aliphatic rings. The van der Waals surface area contributed by atoms with Gasteiger partial charge in [0.1, 0.15) is 0 Å². The van der Waals surface area contributed by atoms with E-state index in [4.69, 9.17) is 0 Å². The van der Waals surface area contributed by atoms with E-state index in [0.29, 0.717) is 0 Å². The van der Waals surface area contributed by atoms with E-state index in [2.05, 4.69) is 58.3 Å². The maximum Gasteiger partial charge on any atom is 0.0595 e. The molecule has 0 bridgehead atoms. The van der Waals surface area contributed by atoms with Crippen LogP contribution >= 0.6 is 15.9 Å². The van der Waals surface area contributed by atoms with Crippen molar-refractivity contribution in [2.75, 3.05) is 5.32 Å². The smallest absolute Gasteiger partial charge is 0.0595 e. The molecule has 0 atom stereocenters. The van der Waals surface area contributed by atoms with Crippen molar-refractivity contribution < 1.29 is 0 Å². The van der Waals surface area contributed by atoms with Gasteiger partial charge in [-0.15, -0.1) is 0 Å². The quantitative estimate of drug-likeness (QED) is 0.922. The van der Waals surface area contributed by atoms with Gasteiger partial charge in [0.15, 0.2) is 0 Å². The number of halogens is 1. The third-order valence-corrected chi connectivity index (χ3v) is 3.10. The lowest BCUT2D eigenvalue weighted by Crippen LogP contribution is -2.02. The molecule has 0 aliphatic heterocycles. The van der Waals surface area contributed by atoms with E-state index in [1.165, 1.54) is 16.8 Å². The predicted octanol–water partition coefficient (Wildman–Crippen LogP) is 4.07. The zero-order valence-electron chi connectivity index (χ0n) is 10.00. The maximum atomic E-state index is 4.33. The average molecular weight is 291 g/mol. The molecule has 1 heterocycles. The van der Waals surface area contributed by atoms with E-state index in [-0.39, 0.29) is 0 Å². The molecule has 0 fully saturated rings. The lowest BCUT2D eigenvalue weighted by atomic mass is 10.1. The first-order chi connectivity index (χ1) is 8.15. The summed E-state index contributed by atoms with van der Waals surface area (Å²) in [7, 11) is 0. The summed E-state index contributed by atoms with van der Waals surface area (Å²) in [6.07, 6.45) is 1.82. The lowest BCUT2D eigenvalue weighted by Gasteiger charge is -2.09. The number of hydrogen-bond donors (Lipinski definition) is 1. The number of pyridine rings is 1. The Kier molecular flexibility index (Phi) is 3.79. The van der Waals surface area contributed by atoms with Crippen LogP contribution in [0.4, 0.5) is 5.69 Å². The lowest BCUT2D eigenvalue weighted by molar-refractivity contribution is 1.04. The largest absolute Gasteiger partial charge is 0.379 e. The molecular weight excluding hydrogens is 276 g/mol. The Hall–Kier alpha value is -1.35. The van der Waals surface area contributed by atoms with Crippen LogP contribution in [0.25, 0.3) is 0 Å². The molecule has 1 N–H and O–H groups in total. The van der Waals surface area contributed by atoms with E-state index in [1.807, 2.05) is 18.3 Å². The first-order valence-corrected chi connectivity index (χ1v) is 6.36. The van der Waals surface area contributed by atoms with Crippen LogP contribution < -0.4 is 5.32 Å². The van der Waals surface area contributed by atoms with Crippen LogP contribution in [-0.2, 0) is 6.54 Å². The highest BCUT2D eigenvalue weighted by Gasteiger charge is 1.99. The van der Waals surface area contributed by atoms with Crippen molar-refractivity contribution in [3.8, 4) is 0 Å². The van der Waals surface area contributed by atoms with Crippen molar-refractivity contribution in [2.24, 2.45) is 0 Å². The van der Waals surface area contributed by atoms with Crippen molar-refractivity contribution in [1.29, 1.82) is 0 Å². The van der Waals surface area contributed by atoms with Gasteiger partial charge in [-0.05, 0) is 53.5 Å². The van der Waals surface area contributed by atoms with Gasteiger partial charge in [0.25, 0.3) is 0 Å². The summed E-state index contributed by atoms with van der Waals surface area (Å²) in [6, 6.07) is 10.4. The molecule has 2 rings (SSSR count). The van der Waals surface area contributed by atoms with Gasteiger partial charge in [0, 0.05) is 16.4 Å². The molecular formula is C14H15BrN2. The minimum absolute atomic E-state index is 0.747. The molecule has 88 valence electrons. The highest BCUT2D eigenvalue weighted by atomic mass is 79.9. The Labute approximate surface area is 110 Å². The number of anilines is 1. The number of benzene rings is 1. The summed E-state index contributed by atoms with van der Waals surface area (Å²) in [5.41, 5.74) is 4.76. The number of rotatable bonds is 3. The van der Waals surface area contributed by atoms with Crippen LogP contribution in [0, 0.1) is 13.8 Å². The van der Waals surface area contributed by atoms with Crippen molar-refractivity contribution >= 4 is 21.6 Å². The standard InChI is InChI=1S/C14H15BrN2/c1-10-3-6-14(11(2)7-10)17-9-13-5-4-12(15)8-16-13/h3-8,17H,9H2,1-2H3. The molecule has 1 aromatic heterocycles. The van der Waals surface area contributed by atoms with Gasteiger partial charge in [-0.1, -0.05) is 17.7 Å². The van der Waals surface area contributed by atoms with Gasteiger partial charge in [0.2, 0.25) is 0 Å². The molecule has 0 saturated carbocycles. The monoisotopic (exact) mass is 290 g/mol. The molecule has 2 nitrogen and oxygen atoms in total. The summed E-state index contributed by atoms with van der Waals surface area (Å²) in [6.45, 7) is 4.97. The first kappa shape index (κ1) is 12.1. The first-order valence-electron chi connectivity index (χ1n) is 5.57. The van der Waals surface area contributed by atoms with Crippen LogP contribution in [0.2, 0.25) is 0 Å². The molecule has 0 saturated heterocycles. The molecule has 17 heavy (non-hydrogen) atoms. The fraction of sp³-hybridized carbons (Fsp3) is 0.214. The predicted molar refractivity (Wildman–Crippen MR) is 75.2 cm³/mol. The summed E-state index contributed by atoms with van der Waals surface area (Å²) in [4.78, 5) is 4.33. The second-order valence-corrected chi connectivity index (χ2v) is 5.06. The number of nitrogens with zero attached hydrogens (tertiary/aromatic N) is 1. The Balaban J connectivity index is 2.04. The third-order valence-electron chi connectivity index (χ3n) is 2.63. The van der Waals surface area contributed by atoms with E-state index in [1.54, 1.807) is 0 Å². The topological polar surface area (TPSA) is 24.9 Å². The molecule has 3 heteroatoms. The summed E-state index contributed by atoms with van der Waals surface area (Å²) >= 11 is 3.38. The highest BCUT2D eigenvalue weighted by Crippen LogP contribution is 2.17. The van der Waals surface area contributed by atoms with Crippen LogP contribution in [0.1, 0.15) is 16.8 Å². The van der Waals surface area contributed by atoms with E-state index >= 15 is 0 Å². The normalized spacial score (nSPS) is 10.3. The van der Waals surface area contributed by atoms with Gasteiger partial charge in [-0.2, -0.15) is 0 Å². The second kappa shape index (κ2) is 5.32. The van der Waals surface area contributed by atoms with Crippen molar-refractivity contribution in [2.45, 2.75) is 20.4 Å². The Morgan fingerprint density at radius 2 is 2.00 bits per heavy atom. The minimum atomic E-state index is 0.747. The van der Waals surface area contributed by atoms with E-state index < -0.39 is 0 Å². The number of hydrogen-bond acceptors (Lipinski definition) is 2. The molecule has 0 amide bonds. The summed E-state index contributed by atoms with van der Waals surface area (Å²) in [5, 5.41) is 3.40. The van der Waals surface area contributed by atoms with E-state index in [9.17, 15) is 0 Å². The van der Waals surface area contributed by atoms with Crippen molar-refractivity contribution in [3.63, 3.8) is 0 Å². The van der Waals surface area contributed by atoms with Crippen LogP contribution in [0.5, 0.6) is 0 Å². The average Bonchev–Trinajstić information content (AvgIpc) is 2.30. The molecule has 0 aliphatic carbocycles. The fourth-order valence-corrected chi connectivity index (χ4v) is 1.94. The van der Waals surface area contributed by atoms with Crippen molar-refractivity contribution in [1.82, 2.24) is 4.98 Å². The van der Waals surface area contributed by atoms with Gasteiger partial charge in [-0.25, -0.2) is 0 Å². The maximum absolute atomic E-state index is 4.33. The van der Waals surface area contributed by atoms with E-state index in [0.717, 1.165) is 16.7 Å². The third kappa shape index (κ3) is 3.30. The van der Waals surface area contributed by atoms with Gasteiger partial charge in [-0.3, -0.25) is 4.98 Å². The van der Waals surface area contributed by atoms with Crippen LogP contribution in [0.15, 0.2) is 41.0 Å². The summed E-state index contributed by atoms with van der Waals surface area (Å²) in [5.74, 6) is 0. The Morgan fingerprint density at radius 3 is 2.65 bits per heavy atom. The number of aromatic nitrogens is 1. The van der Waals surface area contributed by atoms with Crippen LogP contribution in [0.3, 0.4) is 0 Å². The minimum Gasteiger partial charge on any atom is -0.379 e. The molecule has 2 aromatic rings. The zero-order chi connectivity index (χ0) is 12.3. The Bertz CT molecular complexity index is 506. The Morgan fingerprint density at radius 1 is 1.18 bits per heavy atom. The summed E-state index contributed by atoms with van der Waals surface area (Å²) < 4.78 is 1.01.